The Morgan fingerprint density at radius 3 is 2.95 bits per heavy atom. The van der Waals surface area contributed by atoms with Crippen LogP contribution >= 0.6 is 23.2 Å². The van der Waals surface area contributed by atoms with Crippen molar-refractivity contribution in [2.24, 2.45) is 0 Å². The number of carbonyl (C=O) groups is 1. The highest BCUT2D eigenvalue weighted by Crippen LogP contribution is 2.30. The van der Waals surface area contributed by atoms with Crippen LogP contribution in [0.1, 0.15) is 17.5 Å². The van der Waals surface area contributed by atoms with Gasteiger partial charge in [-0.05, 0) is 35.7 Å². The Labute approximate surface area is 133 Å². The van der Waals surface area contributed by atoms with Crippen LogP contribution in [0.15, 0.2) is 30.6 Å². The highest BCUT2D eigenvalue weighted by molar-refractivity contribution is 6.35. The second-order valence-electron chi connectivity index (χ2n) is 5.11. The van der Waals surface area contributed by atoms with E-state index in [-0.39, 0.29) is 5.91 Å². The number of fused-ring (bicyclic) bond motifs is 1. The van der Waals surface area contributed by atoms with Gasteiger partial charge in [0.25, 0.3) is 0 Å². The molecule has 1 amide bonds. The maximum Gasteiger partial charge on any atom is 0.224 e. The van der Waals surface area contributed by atoms with Crippen molar-refractivity contribution in [1.82, 2.24) is 14.7 Å². The number of amides is 1. The SMILES string of the molecule is O=C(CCn1cccn1)N1CCc2c(Cl)cc(Cl)cc2C1. The van der Waals surface area contributed by atoms with Crippen LogP contribution in [0.4, 0.5) is 0 Å². The third kappa shape index (κ3) is 3.22. The summed E-state index contributed by atoms with van der Waals surface area (Å²) in [4.78, 5) is 14.2. The van der Waals surface area contributed by atoms with Crippen LogP contribution in [-0.4, -0.2) is 27.1 Å². The van der Waals surface area contributed by atoms with Crippen LogP contribution in [0.3, 0.4) is 0 Å². The fourth-order valence-corrected chi connectivity index (χ4v) is 3.25. The summed E-state index contributed by atoms with van der Waals surface area (Å²) in [5.41, 5.74) is 2.16. The van der Waals surface area contributed by atoms with Crippen molar-refractivity contribution in [3.8, 4) is 0 Å². The first-order chi connectivity index (χ1) is 10.1. The lowest BCUT2D eigenvalue weighted by Crippen LogP contribution is -2.36. The lowest BCUT2D eigenvalue weighted by Gasteiger charge is -2.29. The highest BCUT2D eigenvalue weighted by atomic mass is 35.5. The van der Waals surface area contributed by atoms with Crippen molar-refractivity contribution >= 4 is 29.1 Å². The first kappa shape index (κ1) is 14.4. The Morgan fingerprint density at radius 1 is 1.33 bits per heavy atom. The van der Waals surface area contributed by atoms with Crippen molar-refractivity contribution < 1.29 is 4.79 Å². The summed E-state index contributed by atoms with van der Waals surface area (Å²) in [7, 11) is 0. The third-order valence-corrected chi connectivity index (χ3v) is 4.27. The van der Waals surface area contributed by atoms with Gasteiger partial charge in [0, 0.05) is 48.5 Å². The number of halogens is 2. The molecule has 3 rings (SSSR count). The molecular formula is C15H15Cl2N3O. The maximum atomic E-state index is 12.3. The second kappa shape index (κ2) is 6.08. The van der Waals surface area contributed by atoms with E-state index in [2.05, 4.69) is 5.10 Å². The van der Waals surface area contributed by atoms with Crippen molar-refractivity contribution in [1.29, 1.82) is 0 Å². The smallest absolute Gasteiger partial charge is 0.224 e. The summed E-state index contributed by atoms with van der Waals surface area (Å²) in [6.07, 6.45) is 4.80. The molecule has 2 heterocycles. The van der Waals surface area contributed by atoms with Crippen LogP contribution in [0.25, 0.3) is 0 Å². The van der Waals surface area contributed by atoms with E-state index in [9.17, 15) is 4.79 Å². The Morgan fingerprint density at radius 2 is 2.19 bits per heavy atom. The van der Waals surface area contributed by atoms with Gasteiger partial charge in [-0.25, -0.2) is 0 Å². The molecule has 1 aromatic carbocycles. The zero-order valence-electron chi connectivity index (χ0n) is 11.4. The van der Waals surface area contributed by atoms with Crippen molar-refractivity contribution in [3.63, 3.8) is 0 Å². The zero-order valence-corrected chi connectivity index (χ0v) is 12.9. The summed E-state index contributed by atoms with van der Waals surface area (Å²) in [6.45, 7) is 1.88. The number of nitrogens with zero attached hydrogens (tertiary/aromatic N) is 3. The quantitative estimate of drug-likeness (QED) is 0.870. The summed E-state index contributed by atoms with van der Waals surface area (Å²) >= 11 is 12.2. The van der Waals surface area contributed by atoms with Gasteiger partial charge in [-0.2, -0.15) is 5.10 Å². The molecule has 0 unspecified atom stereocenters. The fourth-order valence-electron chi connectivity index (χ4n) is 2.62. The molecule has 0 spiro atoms. The number of aryl methyl sites for hydroxylation is 1. The second-order valence-corrected chi connectivity index (χ2v) is 5.95. The molecule has 0 radical (unpaired) electrons. The topological polar surface area (TPSA) is 38.1 Å². The molecule has 0 aliphatic carbocycles. The number of rotatable bonds is 3. The number of hydrogen-bond acceptors (Lipinski definition) is 2. The third-order valence-electron chi connectivity index (χ3n) is 3.71. The van der Waals surface area contributed by atoms with Gasteiger partial charge in [-0.3, -0.25) is 9.48 Å². The molecule has 0 fully saturated rings. The summed E-state index contributed by atoms with van der Waals surface area (Å²) in [6, 6.07) is 5.51. The van der Waals surface area contributed by atoms with Gasteiger partial charge in [-0.1, -0.05) is 23.2 Å². The molecule has 6 heteroatoms. The van der Waals surface area contributed by atoms with E-state index in [1.807, 2.05) is 23.2 Å². The lowest BCUT2D eigenvalue weighted by molar-refractivity contribution is -0.132. The molecule has 110 valence electrons. The molecule has 4 nitrogen and oxygen atoms in total. The number of carbonyl (C=O) groups excluding carboxylic acids is 1. The minimum absolute atomic E-state index is 0.132. The highest BCUT2D eigenvalue weighted by Gasteiger charge is 2.22. The Balaban J connectivity index is 1.66. The summed E-state index contributed by atoms with van der Waals surface area (Å²) in [5.74, 6) is 0.132. The molecule has 0 bridgehead atoms. The van der Waals surface area contributed by atoms with E-state index in [4.69, 9.17) is 23.2 Å². The van der Waals surface area contributed by atoms with E-state index in [1.165, 1.54) is 0 Å². The summed E-state index contributed by atoms with van der Waals surface area (Å²) in [5, 5.41) is 5.41. The largest absolute Gasteiger partial charge is 0.338 e. The van der Waals surface area contributed by atoms with E-state index >= 15 is 0 Å². The van der Waals surface area contributed by atoms with Gasteiger partial charge >= 0.3 is 0 Å². The monoisotopic (exact) mass is 323 g/mol. The molecule has 1 aromatic heterocycles. The van der Waals surface area contributed by atoms with Gasteiger partial charge in [0.05, 0.1) is 0 Å². The maximum absolute atomic E-state index is 12.3. The molecule has 0 atom stereocenters. The zero-order chi connectivity index (χ0) is 14.8. The van der Waals surface area contributed by atoms with E-state index in [0.29, 0.717) is 36.1 Å². The van der Waals surface area contributed by atoms with Gasteiger partial charge < -0.3 is 4.90 Å². The number of benzene rings is 1. The Bertz CT molecular complexity index is 655. The Kier molecular flexibility index (Phi) is 4.17. The van der Waals surface area contributed by atoms with Crippen LogP contribution in [-0.2, 0) is 24.3 Å². The van der Waals surface area contributed by atoms with Crippen LogP contribution in [0, 0.1) is 0 Å². The predicted molar refractivity (Wildman–Crippen MR) is 82.4 cm³/mol. The molecule has 1 aliphatic heterocycles. The molecule has 0 saturated heterocycles. The van der Waals surface area contributed by atoms with Crippen molar-refractivity contribution in [2.45, 2.75) is 25.9 Å². The van der Waals surface area contributed by atoms with Gasteiger partial charge in [0.15, 0.2) is 0 Å². The number of hydrogen-bond donors (Lipinski definition) is 0. The first-order valence-electron chi connectivity index (χ1n) is 6.85. The normalized spacial score (nSPS) is 14.1. The molecular weight excluding hydrogens is 309 g/mol. The van der Waals surface area contributed by atoms with Crippen LogP contribution in [0.2, 0.25) is 10.0 Å². The molecule has 0 N–H and O–H groups in total. The van der Waals surface area contributed by atoms with Gasteiger partial charge in [0.1, 0.15) is 0 Å². The molecule has 21 heavy (non-hydrogen) atoms. The molecule has 1 aliphatic rings. The minimum atomic E-state index is 0.132. The Hall–Kier alpha value is -1.52. The average Bonchev–Trinajstić information content (AvgIpc) is 2.97. The van der Waals surface area contributed by atoms with E-state index < -0.39 is 0 Å². The first-order valence-corrected chi connectivity index (χ1v) is 7.61. The van der Waals surface area contributed by atoms with E-state index in [0.717, 1.165) is 17.5 Å². The minimum Gasteiger partial charge on any atom is -0.338 e. The van der Waals surface area contributed by atoms with Crippen molar-refractivity contribution in [2.75, 3.05) is 6.54 Å². The average molecular weight is 324 g/mol. The van der Waals surface area contributed by atoms with Gasteiger partial charge in [0.2, 0.25) is 5.91 Å². The lowest BCUT2D eigenvalue weighted by atomic mass is 9.99. The van der Waals surface area contributed by atoms with Crippen LogP contribution < -0.4 is 0 Å². The predicted octanol–water partition coefficient (Wildman–Crippen LogP) is 3.16. The van der Waals surface area contributed by atoms with E-state index in [1.54, 1.807) is 16.9 Å². The molecule has 0 saturated carbocycles. The van der Waals surface area contributed by atoms with Crippen LogP contribution in [0.5, 0.6) is 0 Å². The van der Waals surface area contributed by atoms with Crippen molar-refractivity contribution in [3.05, 3.63) is 51.8 Å². The fraction of sp³-hybridized carbons (Fsp3) is 0.333. The van der Waals surface area contributed by atoms with Gasteiger partial charge in [-0.15, -0.1) is 0 Å². The molecule has 2 aromatic rings. The number of aromatic nitrogens is 2. The standard InChI is InChI=1S/C15H15Cl2N3O/c16-12-8-11-10-19(6-2-13(11)14(17)9-12)15(21)3-7-20-5-1-4-18-20/h1,4-5,8-9H,2-3,6-7,10H2. The summed E-state index contributed by atoms with van der Waals surface area (Å²) < 4.78 is 1.77.